The first-order valence-corrected chi connectivity index (χ1v) is 7.87. The van der Waals surface area contributed by atoms with Gasteiger partial charge in [-0.3, -0.25) is 0 Å². The van der Waals surface area contributed by atoms with Gasteiger partial charge in [-0.05, 0) is 44.7 Å². The topological polar surface area (TPSA) is 24.5 Å². The monoisotopic (exact) mass is 254 g/mol. The number of hydrogen-bond donors (Lipinski definition) is 1. The van der Waals surface area contributed by atoms with Gasteiger partial charge in [-0.1, -0.05) is 20.3 Å². The zero-order valence-corrected chi connectivity index (χ0v) is 12.2. The Kier molecular flexibility index (Phi) is 5.93. The SMILES string of the molecule is CCC(C)C1CN(CCC2CCCO2)CCCN1. The van der Waals surface area contributed by atoms with Crippen LogP contribution in [0.1, 0.15) is 46.0 Å². The van der Waals surface area contributed by atoms with E-state index in [0.717, 1.165) is 12.5 Å². The van der Waals surface area contributed by atoms with Crippen molar-refractivity contribution in [3.05, 3.63) is 0 Å². The lowest BCUT2D eigenvalue weighted by Gasteiger charge is -2.28. The summed E-state index contributed by atoms with van der Waals surface area (Å²) in [6, 6.07) is 0.682. The summed E-state index contributed by atoms with van der Waals surface area (Å²) in [5.74, 6) is 0.785. The molecule has 0 bridgehead atoms. The van der Waals surface area contributed by atoms with Crippen LogP contribution in [0.25, 0.3) is 0 Å². The van der Waals surface area contributed by atoms with Crippen molar-refractivity contribution < 1.29 is 4.74 Å². The van der Waals surface area contributed by atoms with Crippen LogP contribution in [0.5, 0.6) is 0 Å². The van der Waals surface area contributed by atoms with E-state index in [1.54, 1.807) is 0 Å². The zero-order valence-electron chi connectivity index (χ0n) is 12.2. The van der Waals surface area contributed by atoms with Gasteiger partial charge in [0, 0.05) is 25.7 Å². The molecule has 0 aliphatic carbocycles. The predicted molar refractivity (Wildman–Crippen MR) is 75.9 cm³/mol. The van der Waals surface area contributed by atoms with Crippen LogP contribution in [0.15, 0.2) is 0 Å². The van der Waals surface area contributed by atoms with Crippen LogP contribution in [0, 0.1) is 5.92 Å². The van der Waals surface area contributed by atoms with Gasteiger partial charge in [0.2, 0.25) is 0 Å². The Bertz CT molecular complexity index is 229. The van der Waals surface area contributed by atoms with Gasteiger partial charge in [-0.2, -0.15) is 0 Å². The molecule has 3 heteroatoms. The maximum Gasteiger partial charge on any atom is 0.0588 e. The summed E-state index contributed by atoms with van der Waals surface area (Å²) in [6.45, 7) is 10.6. The predicted octanol–water partition coefficient (Wildman–Crippen LogP) is 2.27. The van der Waals surface area contributed by atoms with Crippen molar-refractivity contribution in [2.24, 2.45) is 5.92 Å². The van der Waals surface area contributed by atoms with Crippen LogP contribution < -0.4 is 5.32 Å². The third kappa shape index (κ3) is 4.22. The van der Waals surface area contributed by atoms with Crippen molar-refractivity contribution in [2.45, 2.75) is 58.1 Å². The number of nitrogens with zero attached hydrogens (tertiary/aromatic N) is 1. The second-order valence-corrected chi connectivity index (χ2v) is 6.02. The van der Waals surface area contributed by atoms with E-state index in [1.165, 1.54) is 58.3 Å². The van der Waals surface area contributed by atoms with Gasteiger partial charge in [-0.25, -0.2) is 0 Å². The average Bonchev–Trinajstić information content (AvgIpc) is 2.80. The molecule has 3 unspecified atom stereocenters. The van der Waals surface area contributed by atoms with Crippen LogP contribution >= 0.6 is 0 Å². The minimum Gasteiger partial charge on any atom is -0.378 e. The molecule has 1 N–H and O–H groups in total. The molecule has 2 aliphatic rings. The van der Waals surface area contributed by atoms with Crippen molar-refractivity contribution in [3.63, 3.8) is 0 Å². The van der Waals surface area contributed by atoms with E-state index < -0.39 is 0 Å². The first kappa shape index (κ1) is 14.3. The van der Waals surface area contributed by atoms with Crippen LogP contribution in [0.2, 0.25) is 0 Å². The van der Waals surface area contributed by atoms with E-state index in [2.05, 4.69) is 24.1 Å². The second kappa shape index (κ2) is 7.46. The zero-order chi connectivity index (χ0) is 12.8. The molecule has 2 fully saturated rings. The highest BCUT2D eigenvalue weighted by Gasteiger charge is 2.23. The molecule has 2 aliphatic heterocycles. The first-order chi connectivity index (χ1) is 8.79. The lowest BCUT2D eigenvalue weighted by molar-refractivity contribution is 0.0907. The number of hydrogen-bond acceptors (Lipinski definition) is 3. The molecule has 0 saturated carbocycles. The highest BCUT2D eigenvalue weighted by atomic mass is 16.5. The van der Waals surface area contributed by atoms with E-state index in [-0.39, 0.29) is 0 Å². The maximum absolute atomic E-state index is 5.73. The molecular weight excluding hydrogens is 224 g/mol. The van der Waals surface area contributed by atoms with Gasteiger partial charge in [0.25, 0.3) is 0 Å². The van der Waals surface area contributed by atoms with Crippen LogP contribution in [-0.4, -0.2) is 49.8 Å². The Labute approximate surface area is 112 Å². The average molecular weight is 254 g/mol. The van der Waals surface area contributed by atoms with Crippen molar-refractivity contribution >= 4 is 0 Å². The quantitative estimate of drug-likeness (QED) is 0.814. The standard InChI is InChI=1S/C15H30N2O/c1-3-13(2)15-12-17(9-5-8-16-15)10-7-14-6-4-11-18-14/h13-16H,3-12H2,1-2H3. The van der Waals surface area contributed by atoms with E-state index in [4.69, 9.17) is 4.74 Å². The molecule has 2 saturated heterocycles. The van der Waals surface area contributed by atoms with E-state index in [0.29, 0.717) is 12.1 Å². The molecule has 0 aromatic carbocycles. The highest BCUT2D eigenvalue weighted by molar-refractivity contribution is 4.81. The number of ether oxygens (including phenoxy) is 1. The van der Waals surface area contributed by atoms with E-state index >= 15 is 0 Å². The number of rotatable bonds is 5. The smallest absolute Gasteiger partial charge is 0.0588 e. The van der Waals surface area contributed by atoms with E-state index in [9.17, 15) is 0 Å². The molecular formula is C15H30N2O. The van der Waals surface area contributed by atoms with E-state index in [1.807, 2.05) is 0 Å². The molecule has 0 radical (unpaired) electrons. The molecule has 3 nitrogen and oxygen atoms in total. The summed E-state index contributed by atoms with van der Waals surface area (Å²) in [5.41, 5.74) is 0. The fourth-order valence-electron chi connectivity index (χ4n) is 3.09. The summed E-state index contributed by atoms with van der Waals surface area (Å²) in [6.07, 6.45) is 6.88. The fourth-order valence-corrected chi connectivity index (χ4v) is 3.09. The minimum absolute atomic E-state index is 0.545. The molecule has 2 heterocycles. The second-order valence-electron chi connectivity index (χ2n) is 6.02. The summed E-state index contributed by atoms with van der Waals surface area (Å²) in [7, 11) is 0. The molecule has 3 atom stereocenters. The fraction of sp³-hybridized carbons (Fsp3) is 1.00. The Morgan fingerprint density at radius 2 is 2.28 bits per heavy atom. The van der Waals surface area contributed by atoms with Crippen molar-refractivity contribution in [1.29, 1.82) is 0 Å². The lowest BCUT2D eigenvalue weighted by atomic mass is 9.99. The summed E-state index contributed by atoms with van der Waals surface area (Å²) in [4.78, 5) is 2.65. The Morgan fingerprint density at radius 3 is 3.00 bits per heavy atom. The van der Waals surface area contributed by atoms with Crippen LogP contribution in [0.4, 0.5) is 0 Å². The van der Waals surface area contributed by atoms with Crippen LogP contribution in [0.3, 0.4) is 0 Å². The van der Waals surface area contributed by atoms with Gasteiger partial charge < -0.3 is 15.0 Å². The molecule has 0 aromatic heterocycles. The normalized spacial score (nSPS) is 32.3. The highest BCUT2D eigenvalue weighted by Crippen LogP contribution is 2.17. The molecule has 18 heavy (non-hydrogen) atoms. The summed E-state index contributed by atoms with van der Waals surface area (Å²) < 4.78 is 5.73. The van der Waals surface area contributed by atoms with Gasteiger partial charge in [0.1, 0.15) is 0 Å². The van der Waals surface area contributed by atoms with Gasteiger partial charge in [0.15, 0.2) is 0 Å². The molecule has 0 aromatic rings. The van der Waals surface area contributed by atoms with Crippen molar-refractivity contribution in [3.8, 4) is 0 Å². The maximum atomic E-state index is 5.73. The molecule has 106 valence electrons. The third-order valence-corrected chi connectivity index (χ3v) is 4.63. The van der Waals surface area contributed by atoms with Crippen LogP contribution in [-0.2, 0) is 4.74 Å². The largest absolute Gasteiger partial charge is 0.378 e. The van der Waals surface area contributed by atoms with Gasteiger partial charge >= 0.3 is 0 Å². The Morgan fingerprint density at radius 1 is 1.39 bits per heavy atom. The Hall–Kier alpha value is -0.120. The summed E-state index contributed by atoms with van der Waals surface area (Å²) >= 11 is 0. The third-order valence-electron chi connectivity index (χ3n) is 4.63. The lowest BCUT2D eigenvalue weighted by Crippen LogP contribution is -2.42. The minimum atomic E-state index is 0.545. The first-order valence-electron chi connectivity index (χ1n) is 7.87. The molecule has 0 spiro atoms. The van der Waals surface area contributed by atoms with Gasteiger partial charge in [-0.15, -0.1) is 0 Å². The van der Waals surface area contributed by atoms with Crippen molar-refractivity contribution in [2.75, 3.05) is 32.8 Å². The molecule has 2 rings (SSSR count). The van der Waals surface area contributed by atoms with Crippen molar-refractivity contribution in [1.82, 2.24) is 10.2 Å². The summed E-state index contributed by atoms with van der Waals surface area (Å²) in [5, 5.41) is 3.72. The number of nitrogens with one attached hydrogen (secondary N) is 1. The Balaban J connectivity index is 1.75. The van der Waals surface area contributed by atoms with Gasteiger partial charge in [0.05, 0.1) is 6.10 Å². The molecule has 0 amide bonds.